The smallest absolute Gasteiger partial charge is 0.319 e. The van der Waals surface area contributed by atoms with Crippen LogP contribution in [-0.2, 0) is 0 Å². The van der Waals surface area contributed by atoms with Crippen LogP contribution in [0.4, 0.5) is 10.5 Å². The van der Waals surface area contributed by atoms with Crippen molar-refractivity contribution in [2.75, 3.05) is 5.32 Å². The lowest BCUT2D eigenvalue weighted by molar-refractivity contribution is 0.249. The van der Waals surface area contributed by atoms with Gasteiger partial charge in [-0.05, 0) is 48.2 Å². The number of benzene rings is 2. The molecule has 2 amide bonds. The molecule has 2 aromatic carbocycles. The Morgan fingerprint density at radius 3 is 2.22 bits per heavy atom. The van der Waals surface area contributed by atoms with Crippen LogP contribution in [0.5, 0.6) is 0 Å². The summed E-state index contributed by atoms with van der Waals surface area (Å²) in [6, 6.07) is 12.6. The topological polar surface area (TPSA) is 41.1 Å². The summed E-state index contributed by atoms with van der Waals surface area (Å²) in [5.41, 5.74) is 2.81. The maximum atomic E-state index is 12.1. The molecule has 0 saturated heterocycles. The van der Waals surface area contributed by atoms with Crippen molar-refractivity contribution in [3.8, 4) is 0 Å². The van der Waals surface area contributed by atoms with Gasteiger partial charge in [0.05, 0.1) is 6.04 Å². The summed E-state index contributed by atoms with van der Waals surface area (Å²) in [6.45, 7) is 6.13. The van der Waals surface area contributed by atoms with Crippen LogP contribution < -0.4 is 10.6 Å². The van der Waals surface area contributed by atoms with Gasteiger partial charge in [-0.2, -0.15) is 0 Å². The first kappa shape index (κ1) is 17.6. The van der Waals surface area contributed by atoms with Gasteiger partial charge in [-0.25, -0.2) is 4.79 Å². The molecule has 0 bridgehead atoms. The molecule has 0 aromatic heterocycles. The van der Waals surface area contributed by atoms with E-state index in [1.807, 2.05) is 37.3 Å². The Morgan fingerprint density at radius 1 is 1.00 bits per heavy atom. The molecule has 0 unspecified atom stereocenters. The zero-order valence-corrected chi connectivity index (χ0v) is 14.9. The Morgan fingerprint density at radius 2 is 1.65 bits per heavy atom. The zero-order chi connectivity index (χ0) is 17.0. The molecule has 2 N–H and O–H groups in total. The van der Waals surface area contributed by atoms with Gasteiger partial charge in [0, 0.05) is 15.7 Å². The van der Waals surface area contributed by atoms with Crippen molar-refractivity contribution in [1.29, 1.82) is 0 Å². The molecule has 23 heavy (non-hydrogen) atoms. The number of urea groups is 1. The third kappa shape index (κ3) is 4.88. The molecule has 1 atom stereocenters. The highest BCUT2D eigenvalue weighted by Crippen LogP contribution is 2.26. The molecule has 0 aliphatic heterocycles. The first-order valence-corrected chi connectivity index (χ1v) is 8.25. The van der Waals surface area contributed by atoms with Gasteiger partial charge in [-0.15, -0.1) is 0 Å². The van der Waals surface area contributed by atoms with Crippen LogP contribution >= 0.6 is 23.2 Å². The summed E-state index contributed by atoms with van der Waals surface area (Å²) in [4.78, 5) is 12.1. The highest BCUT2D eigenvalue weighted by atomic mass is 35.5. The number of anilines is 1. The molecule has 0 aliphatic rings. The Labute approximate surface area is 147 Å². The molecule has 122 valence electrons. The van der Waals surface area contributed by atoms with E-state index < -0.39 is 0 Å². The van der Waals surface area contributed by atoms with Gasteiger partial charge in [-0.1, -0.05) is 55.2 Å². The van der Waals surface area contributed by atoms with Crippen LogP contribution in [-0.4, -0.2) is 6.03 Å². The van der Waals surface area contributed by atoms with E-state index in [1.54, 1.807) is 12.1 Å². The normalized spacial score (nSPS) is 12.1. The molecule has 0 aliphatic carbocycles. The summed E-state index contributed by atoms with van der Waals surface area (Å²) in [6.07, 6.45) is 0. The SMILES string of the molecule is CC(C)c1ccc(NC(=O)N[C@H](C)c2ccc(Cl)cc2Cl)cc1. The highest BCUT2D eigenvalue weighted by molar-refractivity contribution is 6.35. The number of carbonyl (C=O) groups excluding carboxylic acids is 1. The molecule has 0 fully saturated rings. The molecule has 2 rings (SSSR count). The number of hydrogen-bond acceptors (Lipinski definition) is 1. The van der Waals surface area contributed by atoms with Gasteiger partial charge < -0.3 is 10.6 Å². The number of amides is 2. The predicted molar refractivity (Wildman–Crippen MR) is 97.6 cm³/mol. The molecule has 2 aromatic rings. The quantitative estimate of drug-likeness (QED) is 0.697. The van der Waals surface area contributed by atoms with Crippen molar-refractivity contribution in [2.24, 2.45) is 0 Å². The molecular formula is C18H20Cl2N2O. The number of halogens is 2. The average Bonchev–Trinajstić information content (AvgIpc) is 2.47. The van der Waals surface area contributed by atoms with E-state index >= 15 is 0 Å². The average molecular weight is 351 g/mol. The summed E-state index contributed by atoms with van der Waals surface area (Å²) < 4.78 is 0. The minimum Gasteiger partial charge on any atom is -0.331 e. The second-order valence-corrected chi connectivity index (χ2v) is 6.61. The van der Waals surface area contributed by atoms with Crippen LogP contribution in [0.3, 0.4) is 0 Å². The minimum absolute atomic E-state index is 0.227. The number of hydrogen-bond donors (Lipinski definition) is 2. The monoisotopic (exact) mass is 350 g/mol. The van der Waals surface area contributed by atoms with Gasteiger partial charge in [0.15, 0.2) is 0 Å². The maximum absolute atomic E-state index is 12.1. The number of nitrogens with one attached hydrogen (secondary N) is 2. The van der Waals surface area contributed by atoms with Gasteiger partial charge in [0.2, 0.25) is 0 Å². The van der Waals surface area contributed by atoms with E-state index in [0.717, 1.165) is 11.3 Å². The summed E-state index contributed by atoms with van der Waals surface area (Å²) in [5.74, 6) is 0.463. The Kier molecular flexibility index (Phi) is 5.91. The van der Waals surface area contributed by atoms with Gasteiger partial charge in [-0.3, -0.25) is 0 Å². The van der Waals surface area contributed by atoms with Crippen molar-refractivity contribution >= 4 is 34.9 Å². The second kappa shape index (κ2) is 7.71. The highest BCUT2D eigenvalue weighted by Gasteiger charge is 2.13. The second-order valence-electron chi connectivity index (χ2n) is 5.76. The fraction of sp³-hybridized carbons (Fsp3) is 0.278. The van der Waals surface area contributed by atoms with Crippen molar-refractivity contribution in [2.45, 2.75) is 32.7 Å². The molecule has 0 radical (unpaired) electrons. The largest absolute Gasteiger partial charge is 0.331 e. The lowest BCUT2D eigenvalue weighted by Crippen LogP contribution is -2.31. The molecule has 0 saturated carbocycles. The standard InChI is InChI=1S/C18H20Cl2N2O/c1-11(2)13-4-7-15(8-5-13)22-18(23)21-12(3)16-9-6-14(19)10-17(16)20/h4-12H,1-3H3,(H2,21,22,23)/t12-/m1/s1. The van der Waals surface area contributed by atoms with Gasteiger partial charge in [0.1, 0.15) is 0 Å². The van der Waals surface area contributed by atoms with E-state index in [-0.39, 0.29) is 12.1 Å². The van der Waals surface area contributed by atoms with Crippen molar-refractivity contribution in [3.05, 3.63) is 63.6 Å². The van der Waals surface area contributed by atoms with Gasteiger partial charge >= 0.3 is 6.03 Å². The summed E-state index contributed by atoms with van der Waals surface area (Å²) in [7, 11) is 0. The lowest BCUT2D eigenvalue weighted by Gasteiger charge is -2.17. The fourth-order valence-electron chi connectivity index (χ4n) is 2.25. The van der Waals surface area contributed by atoms with Crippen LogP contribution in [0.2, 0.25) is 10.0 Å². The molecule has 5 heteroatoms. The van der Waals surface area contributed by atoms with E-state index in [2.05, 4.69) is 24.5 Å². The Bertz CT molecular complexity index is 684. The molecular weight excluding hydrogens is 331 g/mol. The van der Waals surface area contributed by atoms with Crippen LogP contribution in [0.25, 0.3) is 0 Å². The Balaban J connectivity index is 1.98. The maximum Gasteiger partial charge on any atom is 0.319 e. The molecule has 3 nitrogen and oxygen atoms in total. The third-order valence-electron chi connectivity index (χ3n) is 3.61. The predicted octanol–water partition coefficient (Wildman–Crippen LogP) is 6.00. The minimum atomic E-state index is -0.277. The Hall–Kier alpha value is -1.71. The van der Waals surface area contributed by atoms with E-state index in [4.69, 9.17) is 23.2 Å². The zero-order valence-electron chi connectivity index (χ0n) is 13.4. The first-order chi connectivity index (χ1) is 10.9. The third-order valence-corrected chi connectivity index (χ3v) is 4.17. The fourth-order valence-corrected chi connectivity index (χ4v) is 2.82. The van der Waals surface area contributed by atoms with E-state index in [9.17, 15) is 4.79 Å². The van der Waals surface area contributed by atoms with Crippen LogP contribution in [0, 0.1) is 0 Å². The summed E-state index contributed by atoms with van der Waals surface area (Å²) in [5, 5.41) is 6.79. The van der Waals surface area contributed by atoms with E-state index in [0.29, 0.717) is 16.0 Å². The number of rotatable bonds is 4. The lowest BCUT2D eigenvalue weighted by atomic mass is 10.0. The number of carbonyl (C=O) groups is 1. The van der Waals surface area contributed by atoms with E-state index in [1.165, 1.54) is 5.56 Å². The van der Waals surface area contributed by atoms with Crippen molar-refractivity contribution < 1.29 is 4.79 Å². The first-order valence-electron chi connectivity index (χ1n) is 7.49. The van der Waals surface area contributed by atoms with Crippen molar-refractivity contribution in [1.82, 2.24) is 5.32 Å². The van der Waals surface area contributed by atoms with Crippen molar-refractivity contribution in [3.63, 3.8) is 0 Å². The molecule has 0 spiro atoms. The van der Waals surface area contributed by atoms with Crippen LogP contribution in [0.1, 0.15) is 43.9 Å². The van der Waals surface area contributed by atoms with Gasteiger partial charge in [0.25, 0.3) is 0 Å². The summed E-state index contributed by atoms with van der Waals surface area (Å²) >= 11 is 12.0. The van der Waals surface area contributed by atoms with Crippen LogP contribution in [0.15, 0.2) is 42.5 Å². The molecule has 0 heterocycles.